The summed E-state index contributed by atoms with van der Waals surface area (Å²) in [6, 6.07) is -8.61. The molecule has 446 valence electrons. The van der Waals surface area contributed by atoms with E-state index in [4.69, 9.17) is 4.74 Å². The molecule has 9 atom stereocenters. The third kappa shape index (κ3) is 22.5. The van der Waals surface area contributed by atoms with Crippen molar-refractivity contribution in [3.8, 4) is 0 Å². The minimum absolute atomic E-state index is 0.0285. The van der Waals surface area contributed by atoms with Crippen molar-refractivity contribution in [2.24, 2.45) is 29.6 Å². The molecule has 0 aliphatic heterocycles. The summed E-state index contributed by atoms with van der Waals surface area (Å²) in [4.78, 5) is 145. The van der Waals surface area contributed by atoms with Gasteiger partial charge in [0.1, 0.15) is 54.0 Å². The third-order valence-electron chi connectivity index (χ3n) is 14.1. The molecule has 10 amide bonds. The van der Waals surface area contributed by atoms with Crippen LogP contribution in [0.3, 0.4) is 0 Å². The second kappa shape index (κ2) is 33.5. The molecule has 21 heteroatoms. The van der Waals surface area contributed by atoms with E-state index in [-0.39, 0.29) is 66.9 Å². The number of allylic oxidation sites excluding steroid dienone is 2. The van der Waals surface area contributed by atoms with Crippen LogP contribution >= 0.6 is 0 Å². The second-order valence-corrected chi connectivity index (χ2v) is 23.2. The van der Waals surface area contributed by atoms with E-state index < -0.39 is 107 Å². The Labute approximate surface area is 467 Å². The van der Waals surface area contributed by atoms with E-state index in [1.54, 1.807) is 41.7 Å². The van der Waals surface area contributed by atoms with Crippen LogP contribution in [0, 0.1) is 29.6 Å². The van der Waals surface area contributed by atoms with Crippen LogP contribution in [0.2, 0.25) is 0 Å². The van der Waals surface area contributed by atoms with Crippen LogP contribution in [0.4, 0.5) is 0 Å². The summed E-state index contributed by atoms with van der Waals surface area (Å²) in [6.07, 6.45) is 5.79. The van der Waals surface area contributed by atoms with Crippen molar-refractivity contribution in [1.29, 1.82) is 0 Å². The van der Waals surface area contributed by atoms with E-state index in [9.17, 15) is 47.9 Å². The number of rotatable bonds is 33. The molecule has 78 heavy (non-hydrogen) atoms. The molecule has 0 heterocycles. The maximum Gasteiger partial charge on any atom is 0.270 e. The fourth-order valence-corrected chi connectivity index (χ4v) is 8.68. The normalized spacial score (nSPS) is 15.2. The van der Waals surface area contributed by atoms with Gasteiger partial charge in [-0.15, -0.1) is 0 Å². The molecule has 5 N–H and O–H groups in total. The highest BCUT2D eigenvalue weighted by Gasteiger charge is 2.41. The van der Waals surface area contributed by atoms with Gasteiger partial charge in [-0.2, -0.15) is 0 Å². The largest absolute Gasteiger partial charge is 0.379 e. The Bertz CT molecular complexity index is 2090. The van der Waals surface area contributed by atoms with Crippen LogP contribution in [-0.4, -0.2) is 187 Å². The van der Waals surface area contributed by atoms with Crippen molar-refractivity contribution in [3.05, 3.63) is 24.4 Å². The lowest BCUT2D eigenvalue weighted by atomic mass is 9.95. The standard InChI is InChI=1S/C57H102N10O11/c1-24-26-27-37(11)31-44(64(19)46(68)30-35(7)8)51(72)61-41(25-2)55(76)63(18)40(14)54(75)67(22)45(32-57(15,16)78-23)52(73)62-47(36(9)10)56(77)66(21)43(29-34(5)6)50(71)59-38(12)48(69)60-39(13)53(74)65(20)42(28-33(3)4)49(70)58-17/h24,26,33-39,41-45,47H,14,25,27-32H2,1-13,15-23H3,(H,58,70)(H,59,71)(H,60,69)(H,61,72)(H,62,73)/b26-24+/t37-,38+,39+,41+,42+,43-,44?,45+,47-/m1/s1. The van der Waals surface area contributed by atoms with Crippen LogP contribution in [0.25, 0.3) is 0 Å². The van der Waals surface area contributed by atoms with Crippen molar-refractivity contribution < 1.29 is 52.7 Å². The lowest BCUT2D eigenvalue weighted by molar-refractivity contribution is -0.146. The number of ether oxygens (including phenoxy) is 1. The maximum absolute atomic E-state index is 14.6. The highest BCUT2D eigenvalue weighted by molar-refractivity contribution is 6.02. The maximum atomic E-state index is 14.6. The summed E-state index contributed by atoms with van der Waals surface area (Å²) in [5.74, 6) is -6.22. The van der Waals surface area contributed by atoms with Gasteiger partial charge in [-0.3, -0.25) is 47.9 Å². The molecule has 0 aromatic rings. The van der Waals surface area contributed by atoms with Gasteiger partial charge in [0.25, 0.3) is 5.91 Å². The average molecular weight is 1100 g/mol. The summed E-state index contributed by atoms with van der Waals surface area (Å²) >= 11 is 0. The van der Waals surface area contributed by atoms with Crippen LogP contribution in [0.5, 0.6) is 0 Å². The smallest absolute Gasteiger partial charge is 0.270 e. The number of nitrogens with one attached hydrogen (secondary N) is 5. The van der Waals surface area contributed by atoms with Gasteiger partial charge in [-0.05, 0) is 96.3 Å². The Morgan fingerprint density at radius 2 is 1.05 bits per heavy atom. The van der Waals surface area contributed by atoms with E-state index >= 15 is 0 Å². The molecule has 0 spiro atoms. The number of methoxy groups -OCH3 is 1. The van der Waals surface area contributed by atoms with E-state index in [0.29, 0.717) is 19.3 Å². The molecule has 21 nitrogen and oxygen atoms in total. The molecule has 0 saturated carbocycles. The highest BCUT2D eigenvalue weighted by atomic mass is 16.5. The molecule has 0 rings (SSSR count). The fraction of sp³-hybridized carbons (Fsp3) is 0.754. The molecule has 0 aliphatic carbocycles. The summed E-state index contributed by atoms with van der Waals surface area (Å²) in [7, 11) is 10.1. The zero-order valence-electron chi connectivity index (χ0n) is 51.5. The van der Waals surface area contributed by atoms with Crippen LogP contribution in [0.15, 0.2) is 24.4 Å². The summed E-state index contributed by atoms with van der Waals surface area (Å²) in [5, 5.41) is 13.6. The molecule has 0 aromatic heterocycles. The highest BCUT2D eigenvalue weighted by Crippen LogP contribution is 2.24. The quantitative estimate of drug-likeness (QED) is 0.0464. The molecule has 0 aliphatic rings. The average Bonchev–Trinajstić information content (AvgIpc) is 3.37. The Hall–Kier alpha value is -5.86. The first-order valence-electron chi connectivity index (χ1n) is 27.6. The van der Waals surface area contributed by atoms with Crippen molar-refractivity contribution in [3.63, 3.8) is 0 Å². The van der Waals surface area contributed by atoms with Crippen LogP contribution in [-0.2, 0) is 52.7 Å². The van der Waals surface area contributed by atoms with Gasteiger partial charge in [0, 0.05) is 62.2 Å². The predicted molar refractivity (Wildman–Crippen MR) is 304 cm³/mol. The molecular formula is C57H102N10O11. The fourth-order valence-electron chi connectivity index (χ4n) is 8.68. The van der Waals surface area contributed by atoms with Crippen molar-refractivity contribution in [1.82, 2.24) is 51.1 Å². The molecule has 0 aromatic carbocycles. The van der Waals surface area contributed by atoms with E-state index in [1.165, 1.54) is 70.9 Å². The van der Waals surface area contributed by atoms with Gasteiger partial charge in [-0.25, -0.2) is 0 Å². The van der Waals surface area contributed by atoms with E-state index in [1.807, 2.05) is 67.5 Å². The second-order valence-electron chi connectivity index (χ2n) is 23.2. The van der Waals surface area contributed by atoms with Crippen LogP contribution in [0.1, 0.15) is 149 Å². The van der Waals surface area contributed by atoms with Crippen LogP contribution < -0.4 is 26.6 Å². The lowest BCUT2D eigenvalue weighted by Gasteiger charge is -2.37. The summed E-state index contributed by atoms with van der Waals surface area (Å²) in [6.45, 7) is 30.7. The number of hydrogen-bond donors (Lipinski definition) is 5. The molecule has 0 saturated heterocycles. The minimum Gasteiger partial charge on any atom is -0.379 e. The molecule has 1 unspecified atom stereocenters. The first-order chi connectivity index (χ1) is 36.0. The van der Waals surface area contributed by atoms with Crippen molar-refractivity contribution in [2.45, 2.75) is 203 Å². The molecule has 0 radical (unpaired) electrons. The number of nitrogens with zero attached hydrogens (tertiary/aromatic N) is 5. The van der Waals surface area contributed by atoms with E-state index in [2.05, 4.69) is 33.2 Å². The van der Waals surface area contributed by atoms with Gasteiger partial charge in [0.05, 0.1) is 5.60 Å². The van der Waals surface area contributed by atoms with Gasteiger partial charge < -0.3 is 55.8 Å². The van der Waals surface area contributed by atoms with Crippen molar-refractivity contribution >= 4 is 59.1 Å². The lowest BCUT2D eigenvalue weighted by Crippen LogP contribution is -2.61. The Balaban J connectivity index is 6.68. The predicted octanol–water partition coefficient (Wildman–Crippen LogP) is 4.00. The van der Waals surface area contributed by atoms with Gasteiger partial charge in [0.2, 0.25) is 53.2 Å². The SMILES string of the molecule is C=C(C(=O)N(C)[C@@H](CC(C)(C)OC)C(=O)N[C@@H](C(=O)N(C)[C@H](CC(C)C)C(=O)N[C@@H](C)C(=O)N[C@@H](C)C(=O)N(C)[C@@H](CC(C)C)C(=O)NC)C(C)C)N(C)C(=O)[C@H](CC)NC(=O)C(C[C@H](C)C/C=C/C)N(C)C(=O)CC(C)C. The van der Waals surface area contributed by atoms with Gasteiger partial charge >= 0.3 is 0 Å². The van der Waals surface area contributed by atoms with Crippen molar-refractivity contribution in [2.75, 3.05) is 49.4 Å². The number of amides is 10. The molecule has 0 fully saturated rings. The summed E-state index contributed by atoms with van der Waals surface area (Å²) in [5.41, 5.74) is -1.31. The minimum atomic E-state index is -1.30. The topological polar surface area (TPSA) is 256 Å². The zero-order valence-corrected chi connectivity index (χ0v) is 51.5. The number of carbonyl (C=O) groups is 10. The first kappa shape index (κ1) is 72.1. The molecule has 0 bridgehead atoms. The zero-order chi connectivity index (χ0) is 60.8. The Morgan fingerprint density at radius 1 is 0.577 bits per heavy atom. The number of hydrogen-bond acceptors (Lipinski definition) is 11. The number of likely N-dealkylation sites (N-methyl/N-ethyl adjacent to an activating group) is 6. The monoisotopic (exact) mass is 1100 g/mol. The summed E-state index contributed by atoms with van der Waals surface area (Å²) < 4.78 is 5.69. The third-order valence-corrected chi connectivity index (χ3v) is 14.1. The van der Waals surface area contributed by atoms with Gasteiger partial charge in [-0.1, -0.05) is 88.0 Å². The molecular weight excluding hydrogens is 1000 g/mol. The van der Waals surface area contributed by atoms with Gasteiger partial charge in [0.15, 0.2) is 0 Å². The Kier molecular flexibility index (Phi) is 31.0. The van der Waals surface area contributed by atoms with E-state index in [0.717, 1.165) is 9.80 Å². The Morgan fingerprint density at radius 3 is 1.51 bits per heavy atom. The number of carbonyl (C=O) groups excluding carboxylic acids is 10. The first-order valence-corrected chi connectivity index (χ1v) is 27.6.